The Labute approximate surface area is 282 Å². The van der Waals surface area contributed by atoms with Crippen LogP contribution in [-0.4, -0.2) is 108 Å². The van der Waals surface area contributed by atoms with Gasteiger partial charge in [-0.05, 0) is 88.4 Å². The third-order valence-electron chi connectivity index (χ3n) is 9.62. The maximum atomic E-state index is 15.1. The fourth-order valence-corrected chi connectivity index (χ4v) is 8.45. The predicted octanol–water partition coefficient (Wildman–Crippen LogP) is 3.50. The van der Waals surface area contributed by atoms with Crippen molar-refractivity contribution in [2.45, 2.75) is 36.2 Å². The largest absolute Gasteiger partial charge is 0.497 e. The van der Waals surface area contributed by atoms with Crippen LogP contribution in [-0.2, 0) is 20.4 Å². The van der Waals surface area contributed by atoms with E-state index in [9.17, 15) is 13.2 Å². The van der Waals surface area contributed by atoms with E-state index in [-0.39, 0.29) is 22.8 Å². The Bertz CT molecular complexity index is 1750. The second-order valence-electron chi connectivity index (χ2n) is 12.3. The lowest BCUT2D eigenvalue weighted by Crippen LogP contribution is -2.61. The van der Waals surface area contributed by atoms with Crippen LogP contribution in [0.15, 0.2) is 71.6 Å². The molecule has 2 fully saturated rings. The van der Waals surface area contributed by atoms with Gasteiger partial charge >= 0.3 is 6.03 Å². The number of carbonyl (C=O) groups is 2. The Kier molecular flexibility index (Phi) is 9.55. The molecule has 2 saturated heterocycles. The van der Waals surface area contributed by atoms with Crippen LogP contribution >= 0.6 is 0 Å². The normalized spacial score (nSPS) is 20.8. The maximum absolute atomic E-state index is 15.1. The summed E-state index contributed by atoms with van der Waals surface area (Å²) in [6.07, 6.45) is 2.18. The van der Waals surface area contributed by atoms with Gasteiger partial charge in [0, 0.05) is 43.3 Å². The Balaban J connectivity index is 1.42. The maximum Gasteiger partial charge on any atom is 0.318 e. The summed E-state index contributed by atoms with van der Waals surface area (Å²) in [6, 6.07) is 17.5. The standard InChI is InChI=1S/C35H43N5O7S/c1-5-47-32-9-7-6-8-29(32)35(36-34(42)39-22-20-38(21-23-39)25-16-18-37(2)19-17-25)30-24-27(46-4)12-15-31(30)40(33(35)41)48(43,44)28-13-10-26(45-3)11-14-28/h6-15,24-25H,5,16-23H2,1-4H3,(H,36,42). The third-order valence-corrected chi connectivity index (χ3v) is 11.3. The van der Waals surface area contributed by atoms with E-state index in [2.05, 4.69) is 22.2 Å². The van der Waals surface area contributed by atoms with E-state index in [1.54, 1.807) is 41.3 Å². The second kappa shape index (κ2) is 13.7. The van der Waals surface area contributed by atoms with E-state index in [0.29, 0.717) is 55.0 Å². The van der Waals surface area contributed by atoms with Crippen LogP contribution in [0, 0.1) is 0 Å². The number of fused-ring (bicyclic) bond motifs is 1. The van der Waals surface area contributed by atoms with Gasteiger partial charge in [0.2, 0.25) is 0 Å². The highest BCUT2D eigenvalue weighted by atomic mass is 32.2. The van der Waals surface area contributed by atoms with Gasteiger partial charge in [0.05, 0.1) is 31.4 Å². The zero-order chi connectivity index (χ0) is 34.1. The third kappa shape index (κ3) is 5.95. The van der Waals surface area contributed by atoms with Crippen molar-refractivity contribution in [3.63, 3.8) is 0 Å². The van der Waals surface area contributed by atoms with Crippen molar-refractivity contribution >= 4 is 27.6 Å². The molecule has 1 unspecified atom stereocenters. The summed E-state index contributed by atoms with van der Waals surface area (Å²) in [5.41, 5.74) is -1.28. The number of ether oxygens (including phenoxy) is 3. The second-order valence-corrected chi connectivity index (χ2v) is 14.1. The first-order valence-corrected chi connectivity index (χ1v) is 17.7. The number of nitrogens with one attached hydrogen (secondary N) is 1. The molecule has 6 rings (SSSR count). The van der Waals surface area contributed by atoms with Gasteiger partial charge in [-0.1, -0.05) is 18.2 Å². The van der Waals surface area contributed by atoms with Crippen LogP contribution in [0.5, 0.6) is 17.2 Å². The Morgan fingerprint density at radius 2 is 1.52 bits per heavy atom. The van der Waals surface area contributed by atoms with E-state index in [1.165, 1.54) is 44.6 Å². The summed E-state index contributed by atoms with van der Waals surface area (Å²) >= 11 is 0. The molecule has 13 heteroatoms. The number of benzene rings is 3. The zero-order valence-electron chi connectivity index (χ0n) is 27.8. The van der Waals surface area contributed by atoms with Crippen molar-refractivity contribution in [2.75, 3.05) is 71.4 Å². The van der Waals surface area contributed by atoms with E-state index in [0.717, 1.165) is 30.2 Å². The van der Waals surface area contributed by atoms with Crippen molar-refractivity contribution < 1.29 is 32.2 Å². The van der Waals surface area contributed by atoms with Gasteiger partial charge in [0.15, 0.2) is 5.54 Å². The minimum absolute atomic E-state index is 0.107. The molecule has 0 spiro atoms. The summed E-state index contributed by atoms with van der Waals surface area (Å²) in [6.45, 7) is 6.55. The first kappa shape index (κ1) is 33.6. The number of rotatable bonds is 9. The van der Waals surface area contributed by atoms with Crippen molar-refractivity contribution in [2.24, 2.45) is 0 Å². The average Bonchev–Trinajstić information content (AvgIpc) is 3.36. The minimum atomic E-state index is -4.46. The molecule has 3 aromatic rings. The number of sulfonamides is 1. The lowest BCUT2D eigenvalue weighted by molar-refractivity contribution is -0.121. The molecular weight excluding hydrogens is 634 g/mol. The Morgan fingerprint density at radius 3 is 2.17 bits per heavy atom. The van der Waals surface area contributed by atoms with Crippen molar-refractivity contribution in [1.82, 2.24) is 20.0 Å². The average molecular weight is 678 g/mol. The van der Waals surface area contributed by atoms with Crippen molar-refractivity contribution in [1.29, 1.82) is 0 Å². The van der Waals surface area contributed by atoms with Crippen LogP contribution in [0.1, 0.15) is 30.9 Å². The van der Waals surface area contributed by atoms with Gasteiger partial charge in [-0.3, -0.25) is 9.69 Å². The molecule has 0 aromatic heterocycles. The summed E-state index contributed by atoms with van der Waals surface area (Å²) in [5.74, 6) is 0.352. The molecule has 3 aromatic carbocycles. The number of likely N-dealkylation sites (tertiary alicyclic amines) is 1. The quantitative estimate of drug-likeness (QED) is 0.363. The van der Waals surface area contributed by atoms with Crippen LogP contribution in [0.3, 0.4) is 0 Å². The van der Waals surface area contributed by atoms with Crippen molar-refractivity contribution in [3.8, 4) is 17.2 Å². The number of amides is 3. The molecule has 12 nitrogen and oxygen atoms in total. The molecule has 1 atom stereocenters. The van der Waals surface area contributed by atoms with E-state index in [1.807, 2.05) is 6.92 Å². The minimum Gasteiger partial charge on any atom is -0.497 e. The fourth-order valence-electron chi connectivity index (χ4n) is 6.98. The molecule has 48 heavy (non-hydrogen) atoms. The molecule has 0 saturated carbocycles. The number of anilines is 1. The first-order valence-electron chi connectivity index (χ1n) is 16.3. The van der Waals surface area contributed by atoms with Gasteiger partial charge in [0.25, 0.3) is 15.9 Å². The SMILES string of the molecule is CCOc1ccccc1C1(NC(=O)N2CCN(C3CCN(C)CC3)CC2)C(=O)N(S(=O)(=O)c2ccc(OC)cc2)c2ccc(OC)cc21. The highest BCUT2D eigenvalue weighted by molar-refractivity contribution is 7.93. The number of hydrogen-bond donors (Lipinski definition) is 1. The number of urea groups is 1. The fraction of sp³-hybridized carbons (Fsp3) is 0.429. The summed E-state index contributed by atoms with van der Waals surface area (Å²) in [7, 11) is 0.649. The van der Waals surface area contributed by atoms with Crippen LogP contribution < -0.4 is 23.8 Å². The topological polar surface area (TPSA) is 121 Å². The molecule has 0 radical (unpaired) electrons. The molecule has 0 bridgehead atoms. The molecule has 3 amide bonds. The zero-order valence-corrected chi connectivity index (χ0v) is 28.7. The Hall–Kier alpha value is -4.33. The number of piperidine rings is 1. The number of nitrogens with zero attached hydrogens (tertiary/aromatic N) is 4. The lowest BCUT2D eigenvalue weighted by Gasteiger charge is -2.43. The number of methoxy groups -OCH3 is 2. The Morgan fingerprint density at radius 1 is 0.875 bits per heavy atom. The monoisotopic (exact) mass is 677 g/mol. The molecule has 3 aliphatic rings. The van der Waals surface area contributed by atoms with Crippen LogP contribution in [0.4, 0.5) is 10.5 Å². The summed E-state index contributed by atoms with van der Waals surface area (Å²) in [5, 5.41) is 3.06. The van der Waals surface area contributed by atoms with E-state index in [4.69, 9.17) is 14.2 Å². The number of hydrogen-bond acceptors (Lipinski definition) is 9. The first-order chi connectivity index (χ1) is 23.1. The van der Waals surface area contributed by atoms with Gasteiger partial charge in [-0.25, -0.2) is 13.2 Å². The highest BCUT2D eigenvalue weighted by Gasteiger charge is 2.59. The van der Waals surface area contributed by atoms with Gasteiger partial charge in [-0.15, -0.1) is 0 Å². The number of para-hydroxylation sites is 1. The van der Waals surface area contributed by atoms with E-state index < -0.39 is 27.5 Å². The predicted molar refractivity (Wildman–Crippen MR) is 181 cm³/mol. The molecular formula is C35H43N5O7S. The van der Waals surface area contributed by atoms with Crippen LogP contribution in [0.25, 0.3) is 0 Å². The molecule has 3 heterocycles. The molecule has 3 aliphatic heterocycles. The summed E-state index contributed by atoms with van der Waals surface area (Å²) in [4.78, 5) is 35.8. The van der Waals surface area contributed by atoms with Gasteiger partial charge < -0.3 is 29.3 Å². The van der Waals surface area contributed by atoms with Crippen molar-refractivity contribution in [3.05, 3.63) is 77.9 Å². The molecule has 1 N–H and O–H groups in total. The lowest BCUT2D eigenvalue weighted by atomic mass is 9.83. The molecule has 0 aliphatic carbocycles. The smallest absolute Gasteiger partial charge is 0.318 e. The number of piperazine rings is 1. The molecule has 256 valence electrons. The van der Waals surface area contributed by atoms with E-state index >= 15 is 4.79 Å². The van der Waals surface area contributed by atoms with Gasteiger partial charge in [-0.2, -0.15) is 4.31 Å². The highest BCUT2D eigenvalue weighted by Crippen LogP contribution is 2.50. The van der Waals surface area contributed by atoms with Gasteiger partial charge in [0.1, 0.15) is 17.2 Å². The number of carbonyl (C=O) groups excluding carboxylic acids is 2. The van der Waals surface area contributed by atoms with Crippen LogP contribution in [0.2, 0.25) is 0 Å². The summed E-state index contributed by atoms with van der Waals surface area (Å²) < 4.78 is 46.3.